The Bertz CT molecular complexity index is 380. The van der Waals surface area contributed by atoms with Gasteiger partial charge in [-0.1, -0.05) is 6.42 Å². The van der Waals surface area contributed by atoms with E-state index in [1.165, 1.54) is 19.3 Å². The molecule has 0 aliphatic heterocycles. The van der Waals surface area contributed by atoms with Gasteiger partial charge < -0.3 is 10.1 Å². The second-order valence-corrected chi connectivity index (χ2v) is 6.16. The molecule has 1 saturated carbocycles. The third kappa shape index (κ3) is 3.98. The Morgan fingerprint density at radius 1 is 1.39 bits per heavy atom. The second kappa shape index (κ2) is 5.70. The van der Waals surface area contributed by atoms with Crippen LogP contribution in [0.5, 0.6) is 5.75 Å². The molecule has 0 unspecified atom stereocenters. The molecular weight excluding hydrogens is 224 g/mol. The number of hydrogen-bond acceptors (Lipinski definition) is 3. The molecule has 1 aliphatic rings. The molecule has 0 atom stereocenters. The molecule has 3 nitrogen and oxygen atoms in total. The third-order valence-corrected chi connectivity index (χ3v) is 3.33. The summed E-state index contributed by atoms with van der Waals surface area (Å²) in [4.78, 5) is 4.42. The van der Waals surface area contributed by atoms with Crippen molar-refractivity contribution in [1.82, 2.24) is 10.3 Å². The predicted octanol–water partition coefficient (Wildman–Crippen LogP) is 3.15. The highest BCUT2D eigenvalue weighted by Crippen LogP contribution is 2.27. The zero-order valence-electron chi connectivity index (χ0n) is 11.7. The topological polar surface area (TPSA) is 34.2 Å². The fourth-order valence-corrected chi connectivity index (χ4v) is 1.90. The largest absolute Gasteiger partial charge is 0.491 e. The van der Waals surface area contributed by atoms with E-state index in [0.717, 1.165) is 30.5 Å². The Labute approximate surface area is 110 Å². The first-order chi connectivity index (χ1) is 8.54. The fourth-order valence-electron chi connectivity index (χ4n) is 1.90. The molecule has 1 aromatic heterocycles. The van der Waals surface area contributed by atoms with Crippen molar-refractivity contribution in [2.45, 2.75) is 52.1 Å². The third-order valence-electron chi connectivity index (χ3n) is 3.33. The highest BCUT2D eigenvalue weighted by atomic mass is 16.5. The summed E-state index contributed by atoms with van der Waals surface area (Å²) in [6.07, 6.45) is 5.82. The summed E-state index contributed by atoms with van der Waals surface area (Å²) >= 11 is 0. The van der Waals surface area contributed by atoms with Crippen LogP contribution in [0.4, 0.5) is 0 Å². The van der Waals surface area contributed by atoms with Crippen LogP contribution in [0.15, 0.2) is 18.3 Å². The normalized spacial score (nSPS) is 16.4. The molecule has 0 spiro atoms. The van der Waals surface area contributed by atoms with E-state index in [0.29, 0.717) is 0 Å². The van der Waals surface area contributed by atoms with Crippen molar-refractivity contribution in [3.63, 3.8) is 0 Å². The quantitative estimate of drug-likeness (QED) is 0.869. The summed E-state index contributed by atoms with van der Waals surface area (Å²) in [5.41, 5.74) is 1.11. The number of pyridine rings is 1. The van der Waals surface area contributed by atoms with Gasteiger partial charge in [-0.15, -0.1) is 0 Å². The van der Waals surface area contributed by atoms with Gasteiger partial charge in [-0.05, 0) is 51.7 Å². The van der Waals surface area contributed by atoms with Crippen molar-refractivity contribution in [3.05, 3.63) is 24.0 Å². The Morgan fingerprint density at radius 3 is 2.78 bits per heavy atom. The standard InChI is InChI=1S/C15H24N2O/c1-15(2,3)17-10-13-14(8-5-9-16-13)18-11-12-6-4-7-12/h5,8-9,12,17H,4,6-7,10-11H2,1-3H3. The zero-order valence-corrected chi connectivity index (χ0v) is 11.7. The molecule has 1 aliphatic carbocycles. The molecular formula is C15H24N2O. The van der Waals surface area contributed by atoms with E-state index >= 15 is 0 Å². The second-order valence-electron chi connectivity index (χ2n) is 6.16. The molecule has 0 radical (unpaired) electrons. The first-order valence-corrected chi connectivity index (χ1v) is 6.86. The highest BCUT2D eigenvalue weighted by Gasteiger charge is 2.19. The van der Waals surface area contributed by atoms with Gasteiger partial charge in [0.25, 0.3) is 0 Å². The van der Waals surface area contributed by atoms with Crippen molar-refractivity contribution in [1.29, 1.82) is 0 Å². The molecule has 100 valence electrons. The lowest BCUT2D eigenvalue weighted by atomic mass is 9.86. The van der Waals surface area contributed by atoms with Gasteiger partial charge in [0.15, 0.2) is 0 Å². The molecule has 1 aromatic rings. The maximum atomic E-state index is 5.90. The van der Waals surface area contributed by atoms with E-state index in [9.17, 15) is 0 Å². The van der Waals surface area contributed by atoms with Crippen LogP contribution >= 0.6 is 0 Å². The van der Waals surface area contributed by atoms with E-state index in [-0.39, 0.29) is 5.54 Å². The Morgan fingerprint density at radius 2 is 2.17 bits per heavy atom. The molecule has 0 bridgehead atoms. The maximum absolute atomic E-state index is 5.90. The number of nitrogens with zero attached hydrogens (tertiary/aromatic N) is 1. The van der Waals surface area contributed by atoms with Crippen LogP contribution < -0.4 is 10.1 Å². The minimum absolute atomic E-state index is 0.1000. The van der Waals surface area contributed by atoms with Crippen LogP contribution in [0.2, 0.25) is 0 Å². The van der Waals surface area contributed by atoms with Crippen LogP contribution in [0, 0.1) is 5.92 Å². The van der Waals surface area contributed by atoms with Crippen LogP contribution in [-0.4, -0.2) is 17.1 Å². The minimum atomic E-state index is 0.1000. The summed E-state index contributed by atoms with van der Waals surface area (Å²) in [5, 5.41) is 3.45. The smallest absolute Gasteiger partial charge is 0.142 e. The molecule has 1 fully saturated rings. The molecule has 0 aromatic carbocycles. The van der Waals surface area contributed by atoms with Crippen LogP contribution in [0.25, 0.3) is 0 Å². The van der Waals surface area contributed by atoms with Gasteiger partial charge in [-0.3, -0.25) is 4.98 Å². The van der Waals surface area contributed by atoms with Gasteiger partial charge in [0.05, 0.1) is 12.3 Å². The SMILES string of the molecule is CC(C)(C)NCc1ncccc1OCC1CCC1. The first kappa shape index (κ1) is 13.3. The molecule has 0 saturated heterocycles. The Kier molecular flexibility index (Phi) is 4.23. The molecule has 18 heavy (non-hydrogen) atoms. The number of hydrogen-bond donors (Lipinski definition) is 1. The fraction of sp³-hybridized carbons (Fsp3) is 0.667. The zero-order chi connectivity index (χ0) is 13.0. The Balaban J connectivity index is 1.91. The van der Waals surface area contributed by atoms with E-state index < -0.39 is 0 Å². The van der Waals surface area contributed by atoms with Gasteiger partial charge in [0.1, 0.15) is 5.75 Å². The van der Waals surface area contributed by atoms with Gasteiger partial charge in [0.2, 0.25) is 0 Å². The van der Waals surface area contributed by atoms with Crippen molar-refractivity contribution >= 4 is 0 Å². The monoisotopic (exact) mass is 248 g/mol. The van der Waals surface area contributed by atoms with Crippen molar-refractivity contribution in [2.75, 3.05) is 6.61 Å². The van der Waals surface area contributed by atoms with E-state index in [1.54, 1.807) is 0 Å². The highest BCUT2D eigenvalue weighted by molar-refractivity contribution is 5.26. The summed E-state index contributed by atoms with van der Waals surface area (Å²) in [5.74, 6) is 1.69. The Hall–Kier alpha value is -1.09. The van der Waals surface area contributed by atoms with Gasteiger partial charge in [0, 0.05) is 18.3 Å². The lowest BCUT2D eigenvalue weighted by molar-refractivity contribution is 0.178. The number of ether oxygens (including phenoxy) is 1. The van der Waals surface area contributed by atoms with E-state index in [4.69, 9.17) is 4.74 Å². The van der Waals surface area contributed by atoms with Crippen molar-refractivity contribution < 1.29 is 4.74 Å². The van der Waals surface area contributed by atoms with Gasteiger partial charge in [-0.2, -0.15) is 0 Å². The van der Waals surface area contributed by atoms with E-state index in [2.05, 4.69) is 31.1 Å². The molecule has 1 N–H and O–H groups in total. The maximum Gasteiger partial charge on any atom is 0.142 e. The summed E-state index contributed by atoms with van der Waals surface area (Å²) < 4.78 is 5.90. The lowest BCUT2D eigenvalue weighted by Crippen LogP contribution is -2.35. The summed E-state index contributed by atoms with van der Waals surface area (Å²) in [6, 6.07) is 3.96. The van der Waals surface area contributed by atoms with Crippen molar-refractivity contribution in [2.24, 2.45) is 5.92 Å². The van der Waals surface area contributed by atoms with E-state index in [1.807, 2.05) is 18.3 Å². The van der Waals surface area contributed by atoms with Crippen LogP contribution in [-0.2, 0) is 6.54 Å². The van der Waals surface area contributed by atoms with Crippen LogP contribution in [0.3, 0.4) is 0 Å². The predicted molar refractivity (Wildman–Crippen MR) is 73.7 cm³/mol. The summed E-state index contributed by atoms with van der Waals surface area (Å²) in [7, 11) is 0. The minimum Gasteiger partial charge on any atom is -0.491 e. The molecule has 0 amide bonds. The molecule has 3 heteroatoms. The number of rotatable bonds is 5. The number of nitrogens with one attached hydrogen (secondary N) is 1. The van der Waals surface area contributed by atoms with Gasteiger partial charge >= 0.3 is 0 Å². The molecule has 1 heterocycles. The average molecular weight is 248 g/mol. The molecule has 2 rings (SSSR count). The van der Waals surface area contributed by atoms with Crippen LogP contribution in [0.1, 0.15) is 45.7 Å². The average Bonchev–Trinajstić information content (AvgIpc) is 2.24. The number of aromatic nitrogens is 1. The van der Waals surface area contributed by atoms with Gasteiger partial charge in [-0.25, -0.2) is 0 Å². The van der Waals surface area contributed by atoms with Crippen molar-refractivity contribution in [3.8, 4) is 5.75 Å². The first-order valence-electron chi connectivity index (χ1n) is 6.86. The summed E-state index contributed by atoms with van der Waals surface area (Å²) in [6.45, 7) is 8.07. The lowest BCUT2D eigenvalue weighted by Gasteiger charge is -2.26.